The molecule has 17 heavy (non-hydrogen) atoms. The first-order chi connectivity index (χ1) is 8.24. The molecule has 2 N–H and O–H groups in total. The van der Waals surface area contributed by atoms with Gasteiger partial charge in [0.25, 0.3) is 0 Å². The van der Waals surface area contributed by atoms with Crippen molar-refractivity contribution in [3.05, 3.63) is 54.2 Å². The number of halogens is 1. The molecule has 2 rings (SSSR count). The maximum Gasteiger partial charge on any atom is 0.123 e. The van der Waals surface area contributed by atoms with E-state index < -0.39 is 0 Å². The van der Waals surface area contributed by atoms with Crippen molar-refractivity contribution in [2.24, 2.45) is 5.73 Å². The van der Waals surface area contributed by atoms with Crippen molar-refractivity contribution >= 4 is 11.8 Å². The second-order valence-electron chi connectivity index (χ2n) is 3.86. The quantitative estimate of drug-likeness (QED) is 0.830. The Labute approximate surface area is 104 Å². The van der Waals surface area contributed by atoms with E-state index in [1.165, 1.54) is 12.1 Å². The van der Waals surface area contributed by atoms with Gasteiger partial charge < -0.3 is 10.2 Å². The predicted molar refractivity (Wildman–Crippen MR) is 67.5 cm³/mol. The van der Waals surface area contributed by atoms with Crippen molar-refractivity contribution in [1.29, 1.82) is 0 Å². The Hall–Kier alpha value is -1.26. The number of thioether (sulfide) groups is 1. The summed E-state index contributed by atoms with van der Waals surface area (Å²) in [6.07, 6.45) is 4.16. The maximum atomic E-state index is 12.7. The summed E-state index contributed by atoms with van der Waals surface area (Å²) in [6, 6.07) is 8.45. The Morgan fingerprint density at radius 2 is 2.00 bits per heavy atom. The highest BCUT2D eigenvalue weighted by atomic mass is 32.2. The molecule has 0 amide bonds. The molecule has 0 aliphatic rings. The molecular weight excluding hydrogens is 237 g/mol. The van der Waals surface area contributed by atoms with Crippen LogP contribution in [-0.4, -0.2) is 11.8 Å². The zero-order chi connectivity index (χ0) is 12.1. The molecule has 1 heterocycles. The standard InChI is InChI=1S/C13H14FNOS/c14-11-1-3-13(4-2-11)17-9-12(15)7-10-5-6-16-8-10/h1-6,8,12H,7,9,15H2. The van der Waals surface area contributed by atoms with Gasteiger partial charge in [-0.2, -0.15) is 0 Å². The molecule has 1 atom stereocenters. The average Bonchev–Trinajstić information content (AvgIpc) is 2.81. The van der Waals surface area contributed by atoms with Crippen molar-refractivity contribution < 1.29 is 8.81 Å². The van der Waals surface area contributed by atoms with Crippen LogP contribution in [0.1, 0.15) is 5.56 Å². The third kappa shape index (κ3) is 3.91. The van der Waals surface area contributed by atoms with Crippen LogP contribution >= 0.6 is 11.8 Å². The van der Waals surface area contributed by atoms with Gasteiger partial charge in [0.15, 0.2) is 0 Å². The maximum absolute atomic E-state index is 12.7. The van der Waals surface area contributed by atoms with Crippen molar-refractivity contribution in [2.45, 2.75) is 17.4 Å². The topological polar surface area (TPSA) is 39.2 Å². The van der Waals surface area contributed by atoms with Crippen molar-refractivity contribution in [2.75, 3.05) is 5.75 Å². The summed E-state index contributed by atoms with van der Waals surface area (Å²) >= 11 is 1.64. The summed E-state index contributed by atoms with van der Waals surface area (Å²) in [4.78, 5) is 1.04. The number of furan rings is 1. The number of rotatable bonds is 5. The first-order valence-electron chi connectivity index (χ1n) is 5.39. The van der Waals surface area contributed by atoms with E-state index in [0.29, 0.717) is 0 Å². The van der Waals surface area contributed by atoms with Crippen LogP contribution < -0.4 is 5.73 Å². The second kappa shape index (κ2) is 5.89. The van der Waals surface area contributed by atoms with Gasteiger partial charge in [0, 0.05) is 16.7 Å². The van der Waals surface area contributed by atoms with Crippen LogP contribution in [0.25, 0.3) is 0 Å². The highest BCUT2D eigenvalue weighted by Gasteiger charge is 2.06. The Morgan fingerprint density at radius 3 is 2.65 bits per heavy atom. The summed E-state index contributed by atoms with van der Waals surface area (Å²) in [5.41, 5.74) is 7.11. The van der Waals surface area contributed by atoms with Crippen LogP contribution in [-0.2, 0) is 6.42 Å². The lowest BCUT2D eigenvalue weighted by Gasteiger charge is -2.09. The third-order valence-corrected chi connectivity index (χ3v) is 3.56. The van der Waals surface area contributed by atoms with Crippen LogP contribution in [0.3, 0.4) is 0 Å². The Balaban J connectivity index is 1.79. The molecule has 0 bridgehead atoms. The van der Waals surface area contributed by atoms with Gasteiger partial charge in [0.1, 0.15) is 5.82 Å². The van der Waals surface area contributed by atoms with E-state index in [9.17, 15) is 4.39 Å². The summed E-state index contributed by atoms with van der Waals surface area (Å²) in [5, 5.41) is 0. The van der Waals surface area contributed by atoms with Gasteiger partial charge in [-0.3, -0.25) is 0 Å². The smallest absolute Gasteiger partial charge is 0.123 e. The fourth-order valence-electron chi connectivity index (χ4n) is 1.50. The molecule has 1 aromatic carbocycles. The molecule has 90 valence electrons. The third-order valence-electron chi connectivity index (χ3n) is 2.36. The van der Waals surface area contributed by atoms with E-state index in [2.05, 4.69) is 0 Å². The lowest BCUT2D eigenvalue weighted by Crippen LogP contribution is -2.25. The number of nitrogens with two attached hydrogens (primary N) is 1. The molecular formula is C13H14FNOS. The number of benzene rings is 1. The zero-order valence-electron chi connectivity index (χ0n) is 9.30. The van der Waals surface area contributed by atoms with E-state index in [0.717, 1.165) is 22.6 Å². The molecule has 1 aromatic heterocycles. The Bertz CT molecular complexity index is 441. The fourth-order valence-corrected chi connectivity index (χ4v) is 2.36. The van der Waals surface area contributed by atoms with Gasteiger partial charge in [-0.15, -0.1) is 11.8 Å². The largest absolute Gasteiger partial charge is 0.472 e. The van der Waals surface area contributed by atoms with Crippen LogP contribution in [0.2, 0.25) is 0 Å². The van der Waals surface area contributed by atoms with E-state index >= 15 is 0 Å². The molecule has 0 fully saturated rings. The second-order valence-corrected chi connectivity index (χ2v) is 4.95. The van der Waals surface area contributed by atoms with Gasteiger partial charge in [-0.1, -0.05) is 0 Å². The Kier molecular flexibility index (Phi) is 4.23. The van der Waals surface area contributed by atoms with Crippen molar-refractivity contribution in [3.8, 4) is 0 Å². The SMILES string of the molecule is NC(CSc1ccc(F)cc1)Cc1ccoc1. The van der Waals surface area contributed by atoms with Gasteiger partial charge in [0.05, 0.1) is 12.5 Å². The molecule has 0 aliphatic heterocycles. The van der Waals surface area contributed by atoms with Gasteiger partial charge >= 0.3 is 0 Å². The van der Waals surface area contributed by atoms with E-state index in [4.69, 9.17) is 10.2 Å². The highest BCUT2D eigenvalue weighted by molar-refractivity contribution is 7.99. The van der Waals surface area contributed by atoms with Gasteiger partial charge in [-0.25, -0.2) is 4.39 Å². The molecule has 1 unspecified atom stereocenters. The summed E-state index contributed by atoms with van der Waals surface area (Å²) < 4.78 is 17.7. The van der Waals surface area contributed by atoms with Crippen LogP contribution in [0.4, 0.5) is 4.39 Å². The lowest BCUT2D eigenvalue weighted by molar-refractivity contribution is 0.562. The van der Waals surface area contributed by atoms with Crippen LogP contribution in [0.15, 0.2) is 52.2 Å². The summed E-state index contributed by atoms with van der Waals surface area (Å²) in [5.74, 6) is 0.591. The van der Waals surface area contributed by atoms with Gasteiger partial charge in [-0.05, 0) is 42.3 Å². The molecule has 2 nitrogen and oxygen atoms in total. The van der Waals surface area contributed by atoms with E-state index in [1.54, 1.807) is 36.4 Å². The van der Waals surface area contributed by atoms with E-state index in [1.807, 2.05) is 6.07 Å². The first kappa shape index (κ1) is 12.2. The minimum Gasteiger partial charge on any atom is -0.472 e. The van der Waals surface area contributed by atoms with Crippen LogP contribution in [0, 0.1) is 5.82 Å². The average molecular weight is 251 g/mol. The van der Waals surface area contributed by atoms with E-state index in [-0.39, 0.29) is 11.9 Å². The molecule has 2 aromatic rings. The molecule has 0 saturated heterocycles. The predicted octanol–water partition coefficient (Wildman–Crippen LogP) is 3.08. The first-order valence-corrected chi connectivity index (χ1v) is 6.37. The van der Waals surface area contributed by atoms with Crippen LogP contribution in [0.5, 0.6) is 0 Å². The zero-order valence-corrected chi connectivity index (χ0v) is 10.1. The minimum atomic E-state index is -0.211. The molecule has 4 heteroatoms. The minimum absolute atomic E-state index is 0.0719. The fraction of sp³-hybridized carbons (Fsp3) is 0.231. The molecule has 0 spiro atoms. The lowest BCUT2D eigenvalue weighted by atomic mass is 10.1. The number of hydrogen-bond donors (Lipinski definition) is 1. The molecule has 0 saturated carbocycles. The highest BCUT2D eigenvalue weighted by Crippen LogP contribution is 2.19. The Morgan fingerprint density at radius 1 is 1.24 bits per heavy atom. The normalized spacial score (nSPS) is 12.6. The summed E-state index contributed by atoms with van der Waals surface area (Å²) in [6.45, 7) is 0. The monoisotopic (exact) mass is 251 g/mol. The summed E-state index contributed by atoms with van der Waals surface area (Å²) in [7, 11) is 0. The molecule has 0 aliphatic carbocycles. The van der Waals surface area contributed by atoms with Crippen molar-refractivity contribution in [1.82, 2.24) is 0 Å². The molecule has 0 radical (unpaired) electrons. The number of hydrogen-bond acceptors (Lipinski definition) is 3. The van der Waals surface area contributed by atoms with Gasteiger partial charge in [0.2, 0.25) is 0 Å². The van der Waals surface area contributed by atoms with Crippen molar-refractivity contribution in [3.63, 3.8) is 0 Å².